The average molecular weight is 351 g/mol. The van der Waals surface area contributed by atoms with Gasteiger partial charge in [-0.2, -0.15) is 0 Å². The molecule has 1 amide bonds. The number of benzene rings is 1. The summed E-state index contributed by atoms with van der Waals surface area (Å²) in [5.74, 6) is 0.187. The molecule has 1 N–H and O–H groups in total. The fraction of sp³-hybridized carbons (Fsp3) is 0.333. The zero-order chi connectivity index (χ0) is 16.8. The van der Waals surface area contributed by atoms with Crippen molar-refractivity contribution in [2.24, 2.45) is 5.92 Å². The Morgan fingerprint density at radius 1 is 1.26 bits per heavy atom. The van der Waals surface area contributed by atoms with Gasteiger partial charge in [-0.3, -0.25) is 4.79 Å². The molecule has 0 aliphatic rings. The molecule has 2 rings (SSSR count). The molecule has 0 spiro atoms. The Bertz CT molecular complexity index is 684. The highest BCUT2D eigenvalue weighted by molar-refractivity contribution is 8.00. The first-order valence-electron chi connectivity index (χ1n) is 6.94. The summed E-state index contributed by atoms with van der Waals surface area (Å²) in [5.41, 5.74) is 1.58. The number of carbonyl (C=O) groups is 2. The van der Waals surface area contributed by atoms with E-state index in [1.54, 1.807) is 12.1 Å². The maximum absolute atomic E-state index is 11.6. The standard InChI is InChI=1S/C15H17N3O3S2/c1-9(2)12(19)16-14-17-18-15(23-14)22-8-10-4-6-11(7-5-10)13(20)21-3/h4-7,9H,8H2,1-3H3,(H,16,17,19). The smallest absolute Gasteiger partial charge is 0.337 e. The van der Waals surface area contributed by atoms with Gasteiger partial charge in [0.15, 0.2) is 4.34 Å². The Hall–Kier alpha value is -1.93. The Morgan fingerprint density at radius 3 is 2.57 bits per heavy atom. The fourth-order valence-corrected chi connectivity index (χ4v) is 3.28. The predicted octanol–water partition coefficient (Wildman–Crippen LogP) is 3.21. The summed E-state index contributed by atoms with van der Waals surface area (Å²) in [7, 11) is 1.36. The van der Waals surface area contributed by atoms with Crippen LogP contribution in [0.1, 0.15) is 29.8 Å². The minimum atomic E-state index is -0.348. The minimum Gasteiger partial charge on any atom is -0.465 e. The number of nitrogens with one attached hydrogen (secondary N) is 1. The van der Waals surface area contributed by atoms with Crippen molar-refractivity contribution in [3.63, 3.8) is 0 Å². The van der Waals surface area contributed by atoms with Gasteiger partial charge in [-0.15, -0.1) is 10.2 Å². The van der Waals surface area contributed by atoms with Crippen molar-refractivity contribution in [1.29, 1.82) is 0 Å². The van der Waals surface area contributed by atoms with Crippen LogP contribution in [0.3, 0.4) is 0 Å². The molecule has 0 bridgehead atoms. The highest BCUT2D eigenvalue weighted by Gasteiger charge is 2.11. The molecule has 0 radical (unpaired) electrons. The van der Waals surface area contributed by atoms with Crippen LogP contribution in [0, 0.1) is 5.92 Å². The van der Waals surface area contributed by atoms with Crippen molar-refractivity contribution >= 4 is 40.1 Å². The third kappa shape index (κ3) is 5.04. The van der Waals surface area contributed by atoms with Crippen LogP contribution in [0.2, 0.25) is 0 Å². The molecule has 0 saturated carbocycles. The van der Waals surface area contributed by atoms with Gasteiger partial charge < -0.3 is 10.1 Å². The van der Waals surface area contributed by atoms with Crippen LogP contribution in [0.15, 0.2) is 28.6 Å². The molecule has 0 aliphatic heterocycles. The summed E-state index contributed by atoms with van der Waals surface area (Å²) in [6.45, 7) is 3.65. The predicted molar refractivity (Wildman–Crippen MR) is 90.7 cm³/mol. The second-order valence-electron chi connectivity index (χ2n) is 4.99. The molecule has 0 unspecified atom stereocenters. The van der Waals surface area contributed by atoms with Crippen LogP contribution in [-0.4, -0.2) is 29.2 Å². The summed E-state index contributed by atoms with van der Waals surface area (Å²) >= 11 is 2.87. The van der Waals surface area contributed by atoms with Crippen molar-refractivity contribution in [2.75, 3.05) is 12.4 Å². The molecule has 1 heterocycles. The van der Waals surface area contributed by atoms with E-state index in [-0.39, 0.29) is 17.8 Å². The van der Waals surface area contributed by atoms with Crippen molar-refractivity contribution < 1.29 is 14.3 Å². The lowest BCUT2D eigenvalue weighted by molar-refractivity contribution is -0.118. The number of nitrogens with zero attached hydrogens (tertiary/aromatic N) is 2. The van der Waals surface area contributed by atoms with Gasteiger partial charge in [-0.25, -0.2) is 4.79 Å². The lowest BCUT2D eigenvalue weighted by Crippen LogP contribution is -2.17. The molecular weight excluding hydrogens is 334 g/mol. The second-order valence-corrected chi connectivity index (χ2v) is 7.19. The molecule has 0 atom stereocenters. The van der Waals surface area contributed by atoms with Crippen LogP contribution in [-0.2, 0) is 15.3 Å². The van der Waals surface area contributed by atoms with Gasteiger partial charge in [0.25, 0.3) is 0 Å². The number of rotatable bonds is 6. The molecule has 0 aliphatic carbocycles. The molecule has 2 aromatic rings. The van der Waals surface area contributed by atoms with Crippen LogP contribution in [0.4, 0.5) is 5.13 Å². The summed E-state index contributed by atoms with van der Waals surface area (Å²) in [5, 5.41) is 11.2. The van der Waals surface area contributed by atoms with Gasteiger partial charge in [0.1, 0.15) is 0 Å². The zero-order valence-corrected chi connectivity index (χ0v) is 14.7. The van der Waals surface area contributed by atoms with E-state index in [0.29, 0.717) is 16.4 Å². The van der Waals surface area contributed by atoms with E-state index in [1.807, 2.05) is 26.0 Å². The van der Waals surface area contributed by atoms with Crippen molar-refractivity contribution in [3.8, 4) is 0 Å². The molecule has 122 valence electrons. The number of methoxy groups -OCH3 is 1. The number of ether oxygens (including phenoxy) is 1. The van der Waals surface area contributed by atoms with Crippen molar-refractivity contribution in [2.45, 2.75) is 23.9 Å². The van der Waals surface area contributed by atoms with Gasteiger partial charge in [-0.1, -0.05) is 49.1 Å². The molecule has 23 heavy (non-hydrogen) atoms. The van der Waals surface area contributed by atoms with Crippen LogP contribution in [0.25, 0.3) is 0 Å². The first-order chi connectivity index (χ1) is 11.0. The third-order valence-corrected chi connectivity index (χ3v) is 4.94. The van der Waals surface area contributed by atoms with Gasteiger partial charge in [0.2, 0.25) is 11.0 Å². The Balaban J connectivity index is 1.90. The number of hydrogen-bond donors (Lipinski definition) is 1. The number of thioether (sulfide) groups is 1. The monoisotopic (exact) mass is 351 g/mol. The lowest BCUT2D eigenvalue weighted by Gasteiger charge is -2.02. The van der Waals surface area contributed by atoms with Gasteiger partial charge in [0.05, 0.1) is 12.7 Å². The number of amides is 1. The molecule has 0 fully saturated rings. The van der Waals surface area contributed by atoms with Crippen LogP contribution < -0.4 is 5.32 Å². The molecule has 8 heteroatoms. The van der Waals surface area contributed by atoms with E-state index < -0.39 is 0 Å². The number of anilines is 1. The summed E-state index contributed by atoms with van der Waals surface area (Å²) in [4.78, 5) is 23.0. The Labute approximate surface area is 142 Å². The van der Waals surface area contributed by atoms with Crippen LogP contribution in [0.5, 0.6) is 0 Å². The Kier molecular flexibility index (Phi) is 6.12. The zero-order valence-electron chi connectivity index (χ0n) is 13.0. The minimum absolute atomic E-state index is 0.0731. The van der Waals surface area contributed by atoms with Crippen LogP contribution >= 0.6 is 23.1 Å². The van der Waals surface area contributed by atoms with E-state index in [4.69, 9.17) is 0 Å². The van der Waals surface area contributed by atoms with E-state index in [1.165, 1.54) is 30.2 Å². The quantitative estimate of drug-likeness (QED) is 0.489. The maximum atomic E-state index is 11.6. The van der Waals surface area contributed by atoms with E-state index >= 15 is 0 Å². The fourth-order valence-electron chi connectivity index (χ4n) is 1.57. The average Bonchev–Trinajstić information content (AvgIpc) is 3.00. The summed E-state index contributed by atoms with van der Waals surface area (Å²) < 4.78 is 5.44. The third-order valence-electron chi connectivity index (χ3n) is 2.90. The molecule has 0 saturated heterocycles. The van der Waals surface area contributed by atoms with Gasteiger partial charge in [0, 0.05) is 11.7 Å². The topological polar surface area (TPSA) is 81.2 Å². The molecule has 1 aromatic heterocycles. The number of aromatic nitrogens is 2. The molecular formula is C15H17N3O3S2. The summed E-state index contributed by atoms with van der Waals surface area (Å²) in [6, 6.07) is 7.22. The first-order valence-corrected chi connectivity index (χ1v) is 8.74. The number of carbonyl (C=O) groups excluding carboxylic acids is 2. The second kappa shape index (κ2) is 8.07. The Morgan fingerprint density at radius 2 is 1.96 bits per heavy atom. The highest BCUT2D eigenvalue weighted by atomic mass is 32.2. The normalized spacial score (nSPS) is 10.6. The van der Waals surface area contributed by atoms with E-state index in [2.05, 4.69) is 20.3 Å². The number of esters is 1. The first kappa shape index (κ1) is 17.4. The highest BCUT2D eigenvalue weighted by Crippen LogP contribution is 2.28. The van der Waals surface area contributed by atoms with E-state index in [0.717, 1.165) is 9.90 Å². The lowest BCUT2D eigenvalue weighted by atomic mass is 10.1. The molecule has 6 nitrogen and oxygen atoms in total. The SMILES string of the molecule is COC(=O)c1ccc(CSc2nnc(NC(=O)C(C)C)s2)cc1. The maximum Gasteiger partial charge on any atom is 0.337 e. The number of hydrogen-bond acceptors (Lipinski definition) is 7. The van der Waals surface area contributed by atoms with Gasteiger partial charge >= 0.3 is 5.97 Å². The summed E-state index contributed by atoms with van der Waals surface area (Å²) in [6.07, 6.45) is 0. The van der Waals surface area contributed by atoms with E-state index in [9.17, 15) is 9.59 Å². The largest absolute Gasteiger partial charge is 0.465 e. The van der Waals surface area contributed by atoms with Crippen molar-refractivity contribution in [3.05, 3.63) is 35.4 Å². The molecule has 1 aromatic carbocycles. The van der Waals surface area contributed by atoms with Gasteiger partial charge in [-0.05, 0) is 17.7 Å². The van der Waals surface area contributed by atoms with Crippen molar-refractivity contribution in [1.82, 2.24) is 10.2 Å².